The Balaban J connectivity index is 0. The SMILES string of the molecule is COP(=O)([O-])OC.[Na+]. The van der Waals surface area contributed by atoms with Gasteiger partial charge in [-0.1, -0.05) is 0 Å². The Hall–Kier alpha value is 1.11. The molecule has 0 fully saturated rings. The van der Waals surface area contributed by atoms with Gasteiger partial charge in [-0.15, -0.1) is 0 Å². The molecule has 0 aliphatic carbocycles. The first-order valence-electron chi connectivity index (χ1n) is 1.55. The third-order valence-corrected chi connectivity index (χ3v) is 1.34. The van der Waals surface area contributed by atoms with Crippen molar-refractivity contribution < 1.29 is 48.1 Å². The molecule has 6 heteroatoms. The molecule has 0 bridgehead atoms. The normalized spacial score (nSPS) is 10.4. The van der Waals surface area contributed by atoms with E-state index >= 15 is 0 Å². The number of rotatable bonds is 2. The second kappa shape index (κ2) is 4.94. The van der Waals surface area contributed by atoms with E-state index < -0.39 is 7.82 Å². The van der Waals surface area contributed by atoms with Gasteiger partial charge in [0.2, 0.25) is 0 Å². The van der Waals surface area contributed by atoms with Crippen molar-refractivity contribution >= 4 is 7.82 Å². The van der Waals surface area contributed by atoms with Crippen LogP contribution in [0.25, 0.3) is 0 Å². The van der Waals surface area contributed by atoms with Gasteiger partial charge >= 0.3 is 29.6 Å². The van der Waals surface area contributed by atoms with Crippen LogP contribution in [0.2, 0.25) is 0 Å². The molecule has 0 rings (SSSR count). The first-order chi connectivity index (χ1) is 3.12. The van der Waals surface area contributed by atoms with Gasteiger partial charge in [-0.3, -0.25) is 4.57 Å². The molecule has 0 saturated heterocycles. The molecule has 4 nitrogen and oxygen atoms in total. The summed E-state index contributed by atoms with van der Waals surface area (Å²) in [5, 5.41) is 0. The molecule has 0 N–H and O–H groups in total. The van der Waals surface area contributed by atoms with Crippen LogP contribution in [0.3, 0.4) is 0 Å². The van der Waals surface area contributed by atoms with E-state index in [1.807, 2.05) is 0 Å². The molecule has 8 heavy (non-hydrogen) atoms. The molecule has 0 amide bonds. The molecule has 0 heterocycles. The number of hydrogen-bond donors (Lipinski definition) is 0. The minimum atomic E-state index is -3.90. The smallest absolute Gasteiger partial charge is 0.756 e. The Morgan fingerprint density at radius 2 is 1.62 bits per heavy atom. The van der Waals surface area contributed by atoms with E-state index in [2.05, 4.69) is 9.05 Å². The summed E-state index contributed by atoms with van der Waals surface area (Å²) in [6.07, 6.45) is 0. The van der Waals surface area contributed by atoms with Crippen LogP contribution in [-0.4, -0.2) is 14.2 Å². The minimum absolute atomic E-state index is 0. The summed E-state index contributed by atoms with van der Waals surface area (Å²) in [5.74, 6) is 0. The Bertz CT molecular complexity index is 86.0. The van der Waals surface area contributed by atoms with Gasteiger partial charge < -0.3 is 13.9 Å². The zero-order valence-corrected chi connectivity index (χ0v) is 7.97. The van der Waals surface area contributed by atoms with Crippen LogP contribution in [-0.2, 0) is 13.6 Å². The average Bonchev–Trinajstić information content (AvgIpc) is 1.68. The molecule has 0 aliphatic rings. The number of phosphoric ester groups is 1. The van der Waals surface area contributed by atoms with Crippen LogP contribution >= 0.6 is 7.82 Å². The standard InChI is InChI=1S/C2H7O4P.Na/c1-5-7(3,4)6-2;/h1-2H3,(H,3,4);/q;+1/p-1. The maximum Gasteiger partial charge on any atom is 1.00 e. The fourth-order valence-corrected chi connectivity index (χ4v) is 0.224. The summed E-state index contributed by atoms with van der Waals surface area (Å²) in [5.41, 5.74) is 0. The topological polar surface area (TPSA) is 58.6 Å². The summed E-state index contributed by atoms with van der Waals surface area (Å²) in [7, 11) is -1.83. The van der Waals surface area contributed by atoms with Gasteiger partial charge in [0.1, 0.15) is 0 Å². The summed E-state index contributed by atoms with van der Waals surface area (Å²) in [6, 6.07) is 0. The van der Waals surface area contributed by atoms with Crippen molar-refractivity contribution in [2.75, 3.05) is 14.2 Å². The van der Waals surface area contributed by atoms with Gasteiger partial charge in [0.05, 0.1) is 0 Å². The van der Waals surface area contributed by atoms with Crippen molar-refractivity contribution in [2.45, 2.75) is 0 Å². The Morgan fingerprint density at radius 3 is 1.62 bits per heavy atom. The Morgan fingerprint density at radius 1 is 1.38 bits per heavy atom. The van der Waals surface area contributed by atoms with Crippen molar-refractivity contribution in [1.82, 2.24) is 0 Å². The molecule has 0 spiro atoms. The molecule has 0 radical (unpaired) electrons. The van der Waals surface area contributed by atoms with Crippen molar-refractivity contribution in [2.24, 2.45) is 0 Å². The zero-order chi connectivity index (χ0) is 5.91. The number of phosphoric acid groups is 1. The van der Waals surface area contributed by atoms with E-state index in [1.165, 1.54) is 0 Å². The molecular formula is C2H6NaO4P. The molecule has 0 aromatic carbocycles. The van der Waals surface area contributed by atoms with E-state index in [0.717, 1.165) is 14.2 Å². The predicted octanol–water partition coefficient (Wildman–Crippen LogP) is -3.25. The van der Waals surface area contributed by atoms with Crippen LogP contribution in [0.15, 0.2) is 0 Å². The fraction of sp³-hybridized carbons (Fsp3) is 1.00. The largest absolute Gasteiger partial charge is 1.00 e. The molecule has 0 atom stereocenters. The van der Waals surface area contributed by atoms with Crippen LogP contribution in [0.5, 0.6) is 0 Å². The molecule has 0 aliphatic heterocycles. The first-order valence-corrected chi connectivity index (χ1v) is 3.01. The van der Waals surface area contributed by atoms with Crippen LogP contribution in [0.4, 0.5) is 0 Å². The monoisotopic (exact) mass is 148 g/mol. The maximum absolute atomic E-state index is 9.95. The van der Waals surface area contributed by atoms with E-state index in [0.29, 0.717) is 0 Å². The van der Waals surface area contributed by atoms with Crippen molar-refractivity contribution in [1.29, 1.82) is 0 Å². The molecule has 0 unspecified atom stereocenters. The fourth-order valence-electron chi connectivity index (χ4n) is 0.0745. The average molecular weight is 148 g/mol. The summed E-state index contributed by atoms with van der Waals surface area (Å²) in [4.78, 5) is 9.95. The molecule has 0 aromatic rings. The van der Waals surface area contributed by atoms with E-state index in [9.17, 15) is 9.46 Å². The Labute approximate surface area is 70.1 Å². The van der Waals surface area contributed by atoms with Gasteiger partial charge in [0, 0.05) is 14.2 Å². The van der Waals surface area contributed by atoms with Gasteiger partial charge in [-0.25, -0.2) is 0 Å². The van der Waals surface area contributed by atoms with E-state index in [-0.39, 0.29) is 29.6 Å². The summed E-state index contributed by atoms with van der Waals surface area (Å²) < 4.78 is 17.7. The van der Waals surface area contributed by atoms with Crippen molar-refractivity contribution in [3.05, 3.63) is 0 Å². The third kappa shape index (κ3) is 5.25. The van der Waals surface area contributed by atoms with Gasteiger partial charge in [-0.05, 0) is 0 Å². The van der Waals surface area contributed by atoms with Gasteiger partial charge in [0.25, 0.3) is 7.82 Å². The quantitative estimate of drug-likeness (QED) is 0.305. The second-order valence-electron chi connectivity index (χ2n) is 0.812. The summed E-state index contributed by atoms with van der Waals surface area (Å²) >= 11 is 0. The maximum atomic E-state index is 9.95. The molecular weight excluding hydrogens is 142 g/mol. The minimum Gasteiger partial charge on any atom is -0.756 e. The van der Waals surface area contributed by atoms with Gasteiger partial charge in [-0.2, -0.15) is 0 Å². The van der Waals surface area contributed by atoms with Gasteiger partial charge in [0.15, 0.2) is 0 Å². The van der Waals surface area contributed by atoms with Crippen LogP contribution < -0.4 is 34.5 Å². The van der Waals surface area contributed by atoms with E-state index in [1.54, 1.807) is 0 Å². The van der Waals surface area contributed by atoms with Crippen LogP contribution in [0, 0.1) is 0 Å². The van der Waals surface area contributed by atoms with Crippen molar-refractivity contribution in [3.8, 4) is 0 Å². The molecule has 44 valence electrons. The number of hydrogen-bond acceptors (Lipinski definition) is 4. The van der Waals surface area contributed by atoms with Crippen LogP contribution in [0.1, 0.15) is 0 Å². The zero-order valence-electron chi connectivity index (χ0n) is 5.08. The van der Waals surface area contributed by atoms with E-state index in [4.69, 9.17) is 0 Å². The Kier molecular flexibility index (Phi) is 7.32. The molecule has 0 saturated carbocycles. The third-order valence-electron chi connectivity index (χ3n) is 0.447. The second-order valence-corrected chi connectivity index (χ2v) is 2.44. The van der Waals surface area contributed by atoms with Crippen molar-refractivity contribution in [3.63, 3.8) is 0 Å². The summed E-state index contributed by atoms with van der Waals surface area (Å²) in [6.45, 7) is 0. The predicted molar refractivity (Wildman–Crippen MR) is 21.6 cm³/mol. The first kappa shape index (κ1) is 11.9. The molecule has 0 aromatic heterocycles.